The van der Waals surface area contributed by atoms with E-state index in [0.29, 0.717) is 0 Å². The fraction of sp³-hybridized carbons (Fsp3) is 0.364. The van der Waals surface area contributed by atoms with Crippen LogP contribution in [-0.2, 0) is 17.8 Å². The molecular weight excluding hydrogens is 352 g/mol. The van der Waals surface area contributed by atoms with Gasteiger partial charge >= 0.3 is 0 Å². The zero-order valence-electron chi connectivity index (χ0n) is 16.3. The summed E-state index contributed by atoms with van der Waals surface area (Å²) in [6.07, 6.45) is 4.98. The molecule has 0 saturated carbocycles. The van der Waals surface area contributed by atoms with Gasteiger partial charge in [0.1, 0.15) is 11.4 Å². The minimum Gasteiger partial charge on any atom is -0.483 e. The van der Waals surface area contributed by atoms with Crippen molar-refractivity contribution in [2.45, 2.75) is 19.9 Å². The van der Waals surface area contributed by atoms with E-state index in [2.05, 4.69) is 23.0 Å². The Labute approximate surface area is 165 Å². The maximum absolute atomic E-state index is 12.5. The van der Waals surface area contributed by atoms with E-state index in [1.807, 2.05) is 58.0 Å². The molecule has 1 fully saturated rings. The van der Waals surface area contributed by atoms with Crippen molar-refractivity contribution in [1.29, 1.82) is 0 Å². The summed E-state index contributed by atoms with van der Waals surface area (Å²) in [6, 6.07) is 13.9. The number of hydrogen-bond donors (Lipinski definition) is 0. The lowest BCUT2D eigenvalue weighted by atomic mass is 10.1. The van der Waals surface area contributed by atoms with Gasteiger partial charge in [0.05, 0.1) is 5.69 Å². The number of pyridine rings is 1. The summed E-state index contributed by atoms with van der Waals surface area (Å²) in [7, 11) is 0. The number of piperazine rings is 1. The van der Waals surface area contributed by atoms with Crippen molar-refractivity contribution in [3.05, 3.63) is 66.1 Å². The highest BCUT2D eigenvalue weighted by atomic mass is 16.5. The first-order valence-electron chi connectivity index (χ1n) is 9.86. The molecule has 3 heterocycles. The average Bonchev–Trinajstić information content (AvgIpc) is 3.15. The number of aryl methyl sites for hydroxylation is 1. The fourth-order valence-corrected chi connectivity index (χ4v) is 3.62. The maximum atomic E-state index is 12.5. The van der Waals surface area contributed by atoms with E-state index in [9.17, 15) is 4.79 Å². The van der Waals surface area contributed by atoms with Gasteiger partial charge in [0.15, 0.2) is 6.61 Å². The third kappa shape index (κ3) is 4.17. The van der Waals surface area contributed by atoms with E-state index in [4.69, 9.17) is 4.74 Å². The molecule has 2 aromatic heterocycles. The molecule has 28 heavy (non-hydrogen) atoms. The van der Waals surface area contributed by atoms with Crippen LogP contribution in [0.15, 0.2) is 54.9 Å². The molecule has 1 amide bonds. The number of fused-ring (bicyclic) bond motifs is 1. The van der Waals surface area contributed by atoms with Gasteiger partial charge in [-0.05, 0) is 30.2 Å². The number of rotatable bonds is 6. The van der Waals surface area contributed by atoms with Crippen LogP contribution in [0.3, 0.4) is 0 Å². The van der Waals surface area contributed by atoms with E-state index in [1.54, 1.807) is 0 Å². The van der Waals surface area contributed by atoms with Gasteiger partial charge in [0.25, 0.3) is 5.91 Å². The molecule has 4 rings (SSSR count). The standard InChI is InChI=1S/C22H26N4O2/c1-2-18-7-3-4-8-20(18)28-17-22(27)25-13-11-24(12-14-25)15-19-16-26-10-6-5-9-21(26)23-19/h3-10,16H,2,11-15,17H2,1H3. The number of hydrogen-bond acceptors (Lipinski definition) is 4. The molecule has 0 aliphatic carbocycles. The van der Waals surface area contributed by atoms with Crippen molar-refractivity contribution in [1.82, 2.24) is 19.2 Å². The number of imidazole rings is 1. The second-order valence-electron chi connectivity index (χ2n) is 7.11. The molecule has 0 radical (unpaired) electrons. The monoisotopic (exact) mass is 378 g/mol. The summed E-state index contributed by atoms with van der Waals surface area (Å²) < 4.78 is 7.82. The first-order valence-corrected chi connectivity index (χ1v) is 9.86. The zero-order valence-corrected chi connectivity index (χ0v) is 16.3. The molecule has 0 atom stereocenters. The lowest BCUT2D eigenvalue weighted by Gasteiger charge is -2.34. The number of benzene rings is 1. The van der Waals surface area contributed by atoms with Crippen LogP contribution < -0.4 is 4.74 Å². The van der Waals surface area contributed by atoms with Crippen molar-refractivity contribution in [2.75, 3.05) is 32.8 Å². The van der Waals surface area contributed by atoms with Gasteiger partial charge in [-0.25, -0.2) is 4.98 Å². The predicted molar refractivity (Wildman–Crippen MR) is 108 cm³/mol. The maximum Gasteiger partial charge on any atom is 0.260 e. The van der Waals surface area contributed by atoms with Crippen LogP contribution >= 0.6 is 0 Å². The van der Waals surface area contributed by atoms with Crippen LogP contribution in [0.1, 0.15) is 18.2 Å². The molecule has 1 aromatic carbocycles. The number of nitrogens with zero attached hydrogens (tertiary/aromatic N) is 4. The number of para-hydroxylation sites is 1. The first-order chi connectivity index (χ1) is 13.7. The van der Waals surface area contributed by atoms with E-state index in [1.165, 1.54) is 0 Å². The van der Waals surface area contributed by atoms with E-state index in [0.717, 1.165) is 61.8 Å². The number of aromatic nitrogens is 2. The summed E-state index contributed by atoms with van der Waals surface area (Å²) >= 11 is 0. The molecule has 0 spiro atoms. The quantitative estimate of drug-likeness (QED) is 0.662. The number of ether oxygens (including phenoxy) is 1. The van der Waals surface area contributed by atoms with Gasteiger partial charge in [0, 0.05) is 45.1 Å². The van der Waals surface area contributed by atoms with Crippen molar-refractivity contribution in [3.63, 3.8) is 0 Å². The molecule has 0 unspecified atom stereocenters. The molecule has 1 aliphatic rings. The van der Waals surface area contributed by atoms with Crippen LogP contribution in [-0.4, -0.2) is 57.9 Å². The topological polar surface area (TPSA) is 50.1 Å². The second-order valence-corrected chi connectivity index (χ2v) is 7.11. The lowest BCUT2D eigenvalue weighted by Crippen LogP contribution is -2.49. The smallest absolute Gasteiger partial charge is 0.260 e. The van der Waals surface area contributed by atoms with Crippen molar-refractivity contribution >= 4 is 11.6 Å². The zero-order chi connectivity index (χ0) is 19.3. The molecule has 6 nitrogen and oxygen atoms in total. The van der Waals surface area contributed by atoms with Crippen molar-refractivity contribution in [2.24, 2.45) is 0 Å². The Morgan fingerprint density at radius 2 is 1.86 bits per heavy atom. The third-order valence-corrected chi connectivity index (χ3v) is 5.23. The first kappa shape index (κ1) is 18.5. The normalized spacial score (nSPS) is 15.1. The lowest BCUT2D eigenvalue weighted by molar-refractivity contribution is -0.135. The van der Waals surface area contributed by atoms with Crippen LogP contribution in [0.25, 0.3) is 5.65 Å². The van der Waals surface area contributed by atoms with Gasteiger partial charge in [-0.15, -0.1) is 0 Å². The fourth-order valence-electron chi connectivity index (χ4n) is 3.62. The Morgan fingerprint density at radius 3 is 2.64 bits per heavy atom. The average molecular weight is 378 g/mol. The van der Waals surface area contributed by atoms with Crippen molar-refractivity contribution < 1.29 is 9.53 Å². The number of carbonyl (C=O) groups is 1. The molecular formula is C22H26N4O2. The minimum absolute atomic E-state index is 0.0540. The van der Waals surface area contributed by atoms with Gasteiger partial charge in [-0.1, -0.05) is 31.2 Å². The molecule has 146 valence electrons. The SMILES string of the molecule is CCc1ccccc1OCC(=O)N1CCN(Cc2cn3ccccc3n2)CC1. The van der Waals surface area contributed by atoms with Crippen LogP contribution in [0.5, 0.6) is 5.75 Å². The van der Waals surface area contributed by atoms with Crippen molar-refractivity contribution in [3.8, 4) is 5.75 Å². The Bertz CT molecular complexity index is 911. The highest BCUT2D eigenvalue weighted by Gasteiger charge is 2.22. The summed E-state index contributed by atoms with van der Waals surface area (Å²) in [6.45, 7) is 6.16. The Morgan fingerprint density at radius 1 is 1.07 bits per heavy atom. The minimum atomic E-state index is 0.0540. The molecule has 6 heteroatoms. The Hall–Kier alpha value is -2.86. The third-order valence-electron chi connectivity index (χ3n) is 5.23. The summed E-state index contributed by atoms with van der Waals surface area (Å²) in [5, 5.41) is 0. The summed E-state index contributed by atoms with van der Waals surface area (Å²) in [5.41, 5.74) is 3.16. The molecule has 3 aromatic rings. The van der Waals surface area contributed by atoms with Crippen LogP contribution in [0.4, 0.5) is 0 Å². The highest BCUT2D eigenvalue weighted by molar-refractivity contribution is 5.78. The molecule has 1 aliphatic heterocycles. The van der Waals surface area contributed by atoms with Crippen LogP contribution in [0.2, 0.25) is 0 Å². The Kier molecular flexibility index (Phi) is 5.58. The molecule has 1 saturated heterocycles. The van der Waals surface area contributed by atoms with Gasteiger partial charge in [0.2, 0.25) is 0 Å². The van der Waals surface area contributed by atoms with Crippen LogP contribution in [0, 0.1) is 0 Å². The summed E-state index contributed by atoms with van der Waals surface area (Å²) in [5.74, 6) is 0.863. The van der Waals surface area contributed by atoms with E-state index < -0.39 is 0 Å². The Balaban J connectivity index is 1.27. The highest BCUT2D eigenvalue weighted by Crippen LogP contribution is 2.18. The van der Waals surface area contributed by atoms with Gasteiger partial charge in [-0.2, -0.15) is 0 Å². The molecule has 0 bridgehead atoms. The van der Waals surface area contributed by atoms with E-state index >= 15 is 0 Å². The predicted octanol–water partition coefficient (Wildman–Crippen LogP) is 2.62. The van der Waals surface area contributed by atoms with Gasteiger partial charge < -0.3 is 14.0 Å². The summed E-state index contributed by atoms with van der Waals surface area (Å²) in [4.78, 5) is 21.4. The van der Waals surface area contributed by atoms with Gasteiger partial charge in [-0.3, -0.25) is 9.69 Å². The number of carbonyl (C=O) groups excluding carboxylic acids is 1. The second kappa shape index (κ2) is 8.44. The van der Waals surface area contributed by atoms with E-state index in [-0.39, 0.29) is 12.5 Å². The molecule has 0 N–H and O–H groups in total. The largest absolute Gasteiger partial charge is 0.483 e. The number of amides is 1.